The van der Waals surface area contributed by atoms with Gasteiger partial charge in [-0.25, -0.2) is 0 Å². The molecule has 0 aromatic carbocycles. The summed E-state index contributed by atoms with van der Waals surface area (Å²) in [6.07, 6.45) is 3.51. The van der Waals surface area contributed by atoms with Crippen LogP contribution in [0.5, 0.6) is 0 Å². The van der Waals surface area contributed by atoms with Gasteiger partial charge < -0.3 is 14.3 Å². The lowest BCUT2D eigenvalue weighted by atomic mass is 9.93. The number of fused-ring (bicyclic) bond motifs is 1. The molecule has 0 saturated carbocycles. The van der Waals surface area contributed by atoms with Gasteiger partial charge in [0, 0.05) is 37.0 Å². The monoisotopic (exact) mass is 329 g/mol. The molecular weight excluding hydrogens is 306 g/mol. The number of hydrogen-bond acceptors (Lipinski definition) is 5. The van der Waals surface area contributed by atoms with Crippen LogP contribution in [0.3, 0.4) is 0 Å². The molecule has 0 amide bonds. The Morgan fingerprint density at radius 3 is 2.62 bits per heavy atom. The highest BCUT2D eigenvalue weighted by molar-refractivity contribution is 5.34. The maximum Gasteiger partial charge on any atom is 0.295 e. The van der Waals surface area contributed by atoms with Crippen molar-refractivity contribution in [2.45, 2.75) is 46.2 Å². The third kappa shape index (κ3) is 2.99. The van der Waals surface area contributed by atoms with E-state index >= 15 is 0 Å². The molecule has 3 rings (SSSR count). The fourth-order valence-corrected chi connectivity index (χ4v) is 2.51. The second kappa shape index (κ2) is 5.90. The molecule has 0 aliphatic heterocycles. The highest BCUT2D eigenvalue weighted by Crippen LogP contribution is 2.26. The van der Waals surface area contributed by atoms with Crippen molar-refractivity contribution in [2.24, 2.45) is 7.05 Å². The van der Waals surface area contributed by atoms with E-state index < -0.39 is 0 Å². The summed E-state index contributed by atoms with van der Waals surface area (Å²) in [6, 6.07) is 2.10. The number of rotatable bonds is 4. The number of hydrogen-bond donors (Lipinski definition) is 1. The molecule has 0 radical (unpaired) electrons. The van der Waals surface area contributed by atoms with E-state index in [1.807, 2.05) is 6.92 Å². The third-order valence-corrected chi connectivity index (χ3v) is 4.08. The number of nitrogens with zero attached hydrogens (tertiary/aromatic N) is 4. The molecule has 0 saturated heterocycles. The van der Waals surface area contributed by atoms with Crippen molar-refractivity contribution in [3.8, 4) is 0 Å². The maximum absolute atomic E-state index is 12.0. The van der Waals surface area contributed by atoms with Gasteiger partial charge in [0.2, 0.25) is 5.65 Å². The Bertz CT molecular complexity index is 927. The Hall–Kier alpha value is -2.41. The fourth-order valence-electron chi connectivity index (χ4n) is 2.51. The molecule has 3 heterocycles. The summed E-state index contributed by atoms with van der Waals surface area (Å²) in [4.78, 5) is 12.0. The summed E-state index contributed by atoms with van der Waals surface area (Å²) < 4.78 is 9.06. The van der Waals surface area contributed by atoms with Crippen LogP contribution in [-0.4, -0.2) is 19.2 Å². The van der Waals surface area contributed by atoms with E-state index in [0.29, 0.717) is 24.6 Å². The highest BCUT2D eigenvalue weighted by atomic mass is 16.3. The first kappa shape index (κ1) is 16.4. The molecule has 3 aromatic heterocycles. The van der Waals surface area contributed by atoms with Gasteiger partial charge in [-0.05, 0) is 13.0 Å². The molecule has 0 unspecified atom stereocenters. The van der Waals surface area contributed by atoms with Gasteiger partial charge in [-0.1, -0.05) is 20.8 Å². The smallest absolute Gasteiger partial charge is 0.295 e. The van der Waals surface area contributed by atoms with Crippen LogP contribution in [0, 0.1) is 6.92 Å². The summed E-state index contributed by atoms with van der Waals surface area (Å²) in [5, 5.41) is 11.4. The van der Waals surface area contributed by atoms with Crippen LogP contribution < -0.4 is 10.9 Å². The Balaban J connectivity index is 1.73. The van der Waals surface area contributed by atoms with Gasteiger partial charge in [0.05, 0.1) is 6.54 Å². The maximum atomic E-state index is 12.0. The standard InChI is InChI=1S/C17H23N5O2/c1-11-12(8-13(24-11)17(2,3)4)9-18-10-14-19-20-15-16(23)21(5)6-7-22(14)15/h6-8,18H,9-10H2,1-5H3. The van der Waals surface area contributed by atoms with Crippen molar-refractivity contribution >= 4 is 5.65 Å². The first-order valence-electron chi connectivity index (χ1n) is 7.97. The van der Waals surface area contributed by atoms with Crippen molar-refractivity contribution < 1.29 is 4.42 Å². The van der Waals surface area contributed by atoms with E-state index in [4.69, 9.17) is 4.42 Å². The summed E-state index contributed by atoms with van der Waals surface area (Å²) in [5.74, 6) is 2.61. The Morgan fingerprint density at radius 1 is 1.21 bits per heavy atom. The SMILES string of the molecule is Cc1oc(C(C)(C)C)cc1CNCc1nnc2c(=O)n(C)ccn12. The molecule has 0 atom stereocenters. The molecule has 0 aliphatic rings. The van der Waals surface area contributed by atoms with E-state index in [1.165, 1.54) is 4.57 Å². The lowest BCUT2D eigenvalue weighted by molar-refractivity contribution is 0.394. The zero-order valence-electron chi connectivity index (χ0n) is 14.8. The summed E-state index contributed by atoms with van der Waals surface area (Å²) >= 11 is 0. The normalized spacial score (nSPS) is 12.2. The van der Waals surface area contributed by atoms with Crippen molar-refractivity contribution in [3.05, 3.63) is 51.7 Å². The fraction of sp³-hybridized carbons (Fsp3) is 0.471. The Morgan fingerprint density at radius 2 is 1.96 bits per heavy atom. The number of aryl methyl sites for hydroxylation is 2. The quantitative estimate of drug-likeness (QED) is 0.791. The zero-order valence-corrected chi connectivity index (χ0v) is 14.8. The first-order valence-corrected chi connectivity index (χ1v) is 7.97. The lowest BCUT2D eigenvalue weighted by Crippen LogP contribution is -2.20. The number of nitrogens with one attached hydrogen (secondary N) is 1. The van der Waals surface area contributed by atoms with Crippen molar-refractivity contribution in [2.75, 3.05) is 0 Å². The van der Waals surface area contributed by atoms with Crippen LogP contribution in [-0.2, 0) is 25.6 Å². The minimum absolute atomic E-state index is 0.00767. The lowest BCUT2D eigenvalue weighted by Gasteiger charge is -2.13. The average molecular weight is 329 g/mol. The van der Waals surface area contributed by atoms with Gasteiger partial charge in [0.1, 0.15) is 11.5 Å². The van der Waals surface area contributed by atoms with Gasteiger partial charge in [0.25, 0.3) is 5.56 Å². The van der Waals surface area contributed by atoms with Crippen LogP contribution in [0.25, 0.3) is 5.65 Å². The van der Waals surface area contributed by atoms with Crippen LogP contribution in [0.1, 0.15) is 43.7 Å². The largest absolute Gasteiger partial charge is 0.465 e. The van der Waals surface area contributed by atoms with Crippen molar-refractivity contribution in [1.29, 1.82) is 0 Å². The highest BCUT2D eigenvalue weighted by Gasteiger charge is 2.20. The van der Waals surface area contributed by atoms with Crippen LogP contribution in [0.15, 0.2) is 27.7 Å². The van der Waals surface area contributed by atoms with E-state index in [2.05, 4.69) is 42.4 Å². The topological polar surface area (TPSA) is 77.4 Å². The molecule has 1 N–H and O–H groups in total. The minimum Gasteiger partial charge on any atom is -0.465 e. The minimum atomic E-state index is -0.156. The van der Waals surface area contributed by atoms with E-state index in [1.54, 1.807) is 23.8 Å². The molecule has 24 heavy (non-hydrogen) atoms. The van der Waals surface area contributed by atoms with Gasteiger partial charge in [0.15, 0.2) is 5.82 Å². The van der Waals surface area contributed by atoms with E-state index in [-0.39, 0.29) is 11.0 Å². The predicted octanol–water partition coefficient (Wildman–Crippen LogP) is 1.92. The molecular formula is C17H23N5O2. The van der Waals surface area contributed by atoms with E-state index in [9.17, 15) is 4.79 Å². The Kier molecular flexibility index (Phi) is 4.04. The van der Waals surface area contributed by atoms with E-state index in [0.717, 1.165) is 17.1 Å². The van der Waals surface area contributed by atoms with Gasteiger partial charge >= 0.3 is 0 Å². The summed E-state index contributed by atoms with van der Waals surface area (Å²) in [6.45, 7) is 9.55. The molecule has 3 aromatic rings. The Labute approximate surface area is 140 Å². The first-order chi connectivity index (χ1) is 11.3. The molecule has 7 heteroatoms. The summed E-state index contributed by atoms with van der Waals surface area (Å²) in [7, 11) is 1.70. The number of furan rings is 1. The molecule has 7 nitrogen and oxygen atoms in total. The third-order valence-electron chi connectivity index (χ3n) is 4.08. The van der Waals surface area contributed by atoms with Crippen LogP contribution in [0.2, 0.25) is 0 Å². The molecule has 128 valence electrons. The average Bonchev–Trinajstić information content (AvgIpc) is 3.08. The van der Waals surface area contributed by atoms with Crippen LogP contribution >= 0.6 is 0 Å². The zero-order chi connectivity index (χ0) is 17.5. The predicted molar refractivity (Wildman–Crippen MR) is 90.9 cm³/mol. The molecule has 0 aliphatic carbocycles. The second-order valence-electron chi connectivity index (χ2n) is 7.07. The van der Waals surface area contributed by atoms with Gasteiger partial charge in [-0.3, -0.25) is 9.20 Å². The number of aromatic nitrogens is 4. The van der Waals surface area contributed by atoms with Gasteiger partial charge in [-0.15, -0.1) is 10.2 Å². The van der Waals surface area contributed by atoms with Crippen molar-refractivity contribution in [1.82, 2.24) is 24.5 Å². The molecule has 0 fully saturated rings. The van der Waals surface area contributed by atoms with Crippen LogP contribution in [0.4, 0.5) is 0 Å². The molecule has 0 spiro atoms. The second-order valence-corrected chi connectivity index (χ2v) is 7.07. The van der Waals surface area contributed by atoms with Crippen molar-refractivity contribution in [3.63, 3.8) is 0 Å². The van der Waals surface area contributed by atoms with Gasteiger partial charge in [-0.2, -0.15) is 0 Å². The summed E-state index contributed by atoms with van der Waals surface area (Å²) in [5.41, 5.74) is 1.31. The molecule has 0 bridgehead atoms.